The maximum absolute atomic E-state index is 13.2. The van der Waals surface area contributed by atoms with Gasteiger partial charge in [0.1, 0.15) is 6.54 Å². The highest BCUT2D eigenvalue weighted by Gasteiger charge is 2.41. The van der Waals surface area contributed by atoms with E-state index in [9.17, 15) is 9.59 Å². The fourth-order valence-electron chi connectivity index (χ4n) is 4.66. The van der Waals surface area contributed by atoms with Gasteiger partial charge in [0.05, 0.1) is 11.7 Å². The van der Waals surface area contributed by atoms with Gasteiger partial charge in [0, 0.05) is 29.1 Å². The molecule has 5 rings (SSSR count). The van der Waals surface area contributed by atoms with Crippen LogP contribution in [0.2, 0.25) is 0 Å². The third kappa shape index (κ3) is 2.63. The van der Waals surface area contributed by atoms with Crippen LogP contribution in [0.1, 0.15) is 27.5 Å². The van der Waals surface area contributed by atoms with E-state index >= 15 is 0 Å². The molecule has 1 aromatic heterocycles. The molecule has 0 bridgehead atoms. The molecule has 30 heavy (non-hydrogen) atoms. The third-order valence-corrected chi connectivity index (χ3v) is 5.85. The molecule has 4 aromatic rings. The zero-order valence-electron chi connectivity index (χ0n) is 16.6. The number of carbonyl (C=O) groups is 2. The number of hydrogen-bond donors (Lipinski definition) is 1. The lowest BCUT2D eigenvalue weighted by atomic mass is 9.93. The van der Waals surface area contributed by atoms with Crippen LogP contribution in [0, 0.1) is 0 Å². The minimum atomic E-state index is -0.525. The van der Waals surface area contributed by atoms with E-state index in [0.29, 0.717) is 5.56 Å². The van der Waals surface area contributed by atoms with Crippen molar-refractivity contribution in [2.75, 3.05) is 6.54 Å². The Balaban J connectivity index is 1.86. The second-order valence-corrected chi connectivity index (χ2v) is 7.59. The number of benzene rings is 3. The first kappa shape index (κ1) is 18.2. The van der Waals surface area contributed by atoms with Crippen LogP contribution in [0.5, 0.6) is 0 Å². The van der Waals surface area contributed by atoms with Gasteiger partial charge in [-0.1, -0.05) is 66.7 Å². The van der Waals surface area contributed by atoms with E-state index < -0.39 is 5.91 Å². The number of hydrogen-bond acceptors (Lipinski definition) is 2. The molecule has 3 aromatic carbocycles. The van der Waals surface area contributed by atoms with Crippen LogP contribution < -0.4 is 5.73 Å². The van der Waals surface area contributed by atoms with Crippen molar-refractivity contribution in [2.45, 2.75) is 6.04 Å². The Morgan fingerprint density at radius 1 is 0.933 bits per heavy atom. The maximum atomic E-state index is 13.2. The van der Waals surface area contributed by atoms with E-state index in [0.717, 1.165) is 33.3 Å². The Morgan fingerprint density at radius 3 is 2.37 bits per heavy atom. The van der Waals surface area contributed by atoms with Gasteiger partial charge in [-0.25, -0.2) is 0 Å². The first-order valence-electron chi connectivity index (χ1n) is 9.89. The average molecular weight is 395 g/mol. The number of aryl methyl sites for hydroxylation is 1. The van der Waals surface area contributed by atoms with Crippen molar-refractivity contribution in [1.29, 1.82) is 0 Å². The van der Waals surface area contributed by atoms with Gasteiger partial charge < -0.3 is 15.2 Å². The standard InChI is InChI=1S/C25H21N3O2/c1-27-20-14-8-7-13-19(20)22(23(27)16-9-3-2-4-10-16)24-17-11-5-6-12-18(17)25(30)28(24)15-21(26)29/h2-14,24H,15H2,1H3,(H2,26,29)/t24-/m1/s1. The van der Waals surface area contributed by atoms with Crippen LogP contribution in [0.3, 0.4) is 0 Å². The van der Waals surface area contributed by atoms with E-state index in [1.807, 2.05) is 61.6 Å². The summed E-state index contributed by atoms with van der Waals surface area (Å²) in [6.45, 7) is -0.129. The summed E-state index contributed by atoms with van der Waals surface area (Å²) in [5.74, 6) is -0.691. The van der Waals surface area contributed by atoms with Gasteiger partial charge in [-0.2, -0.15) is 0 Å². The molecule has 1 aliphatic heterocycles. The molecule has 0 spiro atoms. The SMILES string of the molecule is Cn1c(-c2ccccc2)c([C@H]2c3ccccc3C(=O)N2CC(N)=O)c2ccccc21. The summed E-state index contributed by atoms with van der Waals surface area (Å²) < 4.78 is 2.16. The quantitative estimate of drug-likeness (QED) is 0.570. The number of aromatic nitrogens is 1. The molecule has 0 fully saturated rings. The number of fused-ring (bicyclic) bond motifs is 2. The van der Waals surface area contributed by atoms with E-state index in [2.05, 4.69) is 28.8 Å². The Labute approximate surface area is 174 Å². The summed E-state index contributed by atoms with van der Waals surface area (Å²) in [7, 11) is 2.04. The van der Waals surface area contributed by atoms with Crippen LogP contribution in [0.15, 0.2) is 78.9 Å². The lowest BCUT2D eigenvalue weighted by Crippen LogP contribution is -2.37. The molecule has 0 unspecified atom stereocenters. The minimum Gasteiger partial charge on any atom is -0.368 e. The lowest BCUT2D eigenvalue weighted by molar-refractivity contribution is -0.118. The van der Waals surface area contributed by atoms with Crippen LogP contribution in [-0.4, -0.2) is 27.8 Å². The number of nitrogens with zero attached hydrogens (tertiary/aromatic N) is 2. The Bertz CT molecular complexity index is 1290. The first-order valence-corrected chi connectivity index (χ1v) is 9.89. The molecule has 2 amide bonds. The van der Waals surface area contributed by atoms with Gasteiger partial charge in [-0.3, -0.25) is 9.59 Å². The molecular formula is C25H21N3O2. The number of rotatable bonds is 4. The molecule has 0 saturated carbocycles. The molecule has 0 aliphatic carbocycles. The van der Waals surface area contributed by atoms with Crippen molar-refractivity contribution >= 4 is 22.7 Å². The highest BCUT2D eigenvalue weighted by molar-refractivity contribution is 6.03. The molecule has 1 aliphatic rings. The third-order valence-electron chi connectivity index (χ3n) is 5.85. The Kier molecular flexibility index (Phi) is 4.17. The molecule has 2 N–H and O–H groups in total. The van der Waals surface area contributed by atoms with Crippen LogP contribution in [0.4, 0.5) is 0 Å². The molecule has 2 heterocycles. The second kappa shape index (κ2) is 6.88. The number of carbonyl (C=O) groups excluding carboxylic acids is 2. The first-order chi connectivity index (χ1) is 14.6. The Morgan fingerprint density at radius 2 is 1.60 bits per heavy atom. The van der Waals surface area contributed by atoms with Crippen molar-refractivity contribution < 1.29 is 9.59 Å². The number of primary amides is 1. The predicted octanol–water partition coefficient (Wildman–Crippen LogP) is 3.88. The van der Waals surface area contributed by atoms with E-state index in [1.165, 1.54) is 0 Å². The van der Waals surface area contributed by atoms with Gasteiger partial charge in [0.25, 0.3) is 5.91 Å². The number of amides is 2. The number of nitrogens with two attached hydrogens (primary N) is 1. The van der Waals surface area contributed by atoms with Gasteiger partial charge in [0.2, 0.25) is 5.91 Å². The predicted molar refractivity (Wildman–Crippen MR) is 117 cm³/mol. The Hall–Kier alpha value is -3.86. The smallest absolute Gasteiger partial charge is 0.255 e. The van der Waals surface area contributed by atoms with Crippen molar-refractivity contribution in [3.8, 4) is 11.3 Å². The van der Waals surface area contributed by atoms with Crippen LogP contribution in [-0.2, 0) is 11.8 Å². The summed E-state index contributed by atoms with van der Waals surface area (Å²) in [5.41, 5.74) is 11.2. The normalized spacial score (nSPS) is 15.6. The van der Waals surface area contributed by atoms with Gasteiger partial charge in [-0.15, -0.1) is 0 Å². The van der Waals surface area contributed by atoms with Gasteiger partial charge in [0.15, 0.2) is 0 Å². The molecule has 1 atom stereocenters. The van der Waals surface area contributed by atoms with E-state index in [-0.39, 0.29) is 18.5 Å². The van der Waals surface area contributed by atoms with Crippen LogP contribution in [0.25, 0.3) is 22.2 Å². The average Bonchev–Trinajstić information content (AvgIpc) is 3.20. The highest BCUT2D eigenvalue weighted by Crippen LogP contribution is 2.46. The fourth-order valence-corrected chi connectivity index (χ4v) is 4.66. The summed E-state index contributed by atoms with van der Waals surface area (Å²) >= 11 is 0. The van der Waals surface area contributed by atoms with Crippen molar-refractivity contribution in [2.24, 2.45) is 12.8 Å². The largest absolute Gasteiger partial charge is 0.368 e. The van der Waals surface area contributed by atoms with Gasteiger partial charge >= 0.3 is 0 Å². The summed E-state index contributed by atoms with van der Waals surface area (Å²) in [6.07, 6.45) is 0. The van der Waals surface area contributed by atoms with Gasteiger partial charge in [-0.05, 0) is 23.3 Å². The summed E-state index contributed by atoms with van der Waals surface area (Å²) in [6, 6.07) is 25.5. The maximum Gasteiger partial charge on any atom is 0.255 e. The molecule has 0 radical (unpaired) electrons. The zero-order valence-corrected chi connectivity index (χ0v) is 16.6. The molecule has 5 heteroatoms. The molecular weight excluding hydrogens is 374 g/mol. The lowest BCUT2D eigenvalue weighted by Gasteiger charge is -2.25. The second-order valence-electron chi connectivity index (χ2n) is 7.59. The zero-order chi connectivity index (χ0) is 20.8. The van der Waals surface area contributed by atoms with Crippen LogP contribution >= 0.6 is 0 Å². The number of para-hydroxylation sites is 1. The summed E-state index contributed by atoms with van der Waals surface area (Å²) in [4.78, 5) is 26.7. The molecule has 148 valence electrons. The monoisotopic (exact) mass is 395 g/mol. The van der Waals surface area contributed by atoms with E-state index in [4.69, 9.17) is 5.73 Å². The highest BCUT2D eigenvalue weighted by atomic mass is 16.2. The van der Waals surface area contributed by atoms with E-state index in [1.54, 1.807) is 4.90 Å². The summed E-state index contributed by atoms with van der Waals surface area (Å²) in [5, 5.41) is 1.06. The topological polar surface area (TPSA) is 68.3 Å². The van der Waals surface area contributed by atoms with Crippen molar-refractivity contribution in [3.63, 3.8) is 0 Å². The van der Waals surface area contributed by atoms with Crippen molar-refractivity contribution in [1.82, 2.24) is 9.47 Å². The fraction of sp³-hybridized carbons (Fsp3) is 0.120. The molecule has 0 saturated heterocycles. The molecule has 5 nitrogen and oxygen atoms in total. The van der Waals surface area contributed by atoms with Crippen molar-refractivity contribution in [3.05, 3.63) is 95.6 Å². The minimum absolute atomic E-state index is 0.129.